The van der Waals surface area contributed by atoms with Crippen LogP contribution >= 0.6 is 12.4 Å². The van der Waals surface area contributed by atoms with Crippen LogP contribution in [0.15, 0.2) is 35.7 Å². The molecule has 0 aromatic carbocycles. The van der Waals surface area contributed by atoms with E-state index in [1.54, 1.807) is 17.8 Å². The highest BCUT2D eigenvalue weighted by Crippen LogP contribution is 2.36. The van der Waals surface area contributed by atoms with E-state index in [9.17, 15) is 21.6 Å². The molecule has 1 saturated heterocycles. The fourth-order valence-corrected chi connectivity index (χ4v) is 4.58. The highest BCUT2D eigenvalue weighted by molar-refractivity contribution is 7.89. The first-order valence-electron chi connectivity index (χ1n) is 7.44. The fourth-order valence-electron chi connectivity index (χ4n) is 2.84. The second-order valence-corrected chi connectivity index (χ2v) is 7.46. The number of aromatic nitrogens is 3. The normalized spacial score (nSPS) is 19.2. The van der Waals surface area contributed by atoms with Gasteiger partial charge in [-0.15, -0.1) is 12.4 Å². The fraction of sp³-hybridized carbons (Fsp3) is 0.429. The minimum atomic E-state index is -4.79. The van der Waals surface area contributed by atoms with Crippen molar-refractivity contribution in [2.24, 2.45) is 7.05 Å². The Labute approximate surface area is 154 Å². The van der Waals surface area contributed by atoms with E-state index >= 15 is 0 Å². The largest absolute Gasteiger partial charge is 0.417 e. The Morgan fingerprint density at radius 3 is 2.65 bits per heavy atom. The minimum absolute atomic E-state index is 0. The van der Waals surface area contributed by atoms with E-state index in [4.69, 9.17) is 0 Å². The van der Waals surface area contributed by atoms with Crippen LogP contribution < -0.4 is 5.32 Å². The summed E-state index contributed by atoms with van der Waals surface area (Å²) >= 11 is 0. The molecule has 3 heterocycles. The van der Waals surface area contributed by atoms with Crippen LogP contribution in [-0.4, -0.2) is 46.9 Å². The topological polar surface area (TPSA) is 80.1 Å². The Balaban J connectivity index is 0.00000243. The third-order valence-corrected chi connectivity index (χ3v) is 5.96. The smallest absolute Gasteiger partial charge is 0.337 e. The van der Waals surface area contributed by atoms with Crippen LogP contribution in [0.5, 0.6) is 0 Å². The van der Waals surface area contributed by atoms with Gasteiger partial charge in [-0.2, -0.15) is 17.5 Å². The molecule has 0 spiro atoms. The van der Waals surface area contributed by atoms with E-state index in [-0.39, 0.29) is 25.5 Å². The van der Waals surface area contributed by atoms with Crippen LogP contribution in [0.4, 0.5) is 13.2 Å². The molecule has 12 heteroatoms. The molecule has 0 saturated carbocycles. The van der Waals surface area contributed by atoms with Crippen molar-refractivity contribution in [1.29, 1.82) is 0 Å². The molecular formula is C14H17ClF3N5O2S. The first kappa shape index (κ1) is 20.6. The maximum absolute atomic E-state index is 13.2. The summed E-state index contributed by atoms with van der Waals surface area (Å²) in [6.07, 6.45) is 0.0452. The lowest BCUT2D eigenvalue weighted by Gasteiger charge is -2.35. The molecule has 1 N–H and O–H groups in total. The van der Waals surface area contributed by atoms with Crippen molar-refractivity contribution < 1.29 is 21.6 Å². The number of aryl methyl sites for hydroxylation is 1. The number of nitrogens with zero attached hydrogens (tertiary/aromatic N) is 4. The molecule has 1 unspecified atom stereocenters. The van der Waals surface area contributed by atoms with Crippen molar-refractivity contribution in [3.05, 3.63) is 42.2 Å². The summed E-state index contributed by atoms with van der Waals surface area (Å²) in [5.41, 5.74) is -1.22. The van der Waals surface area contributed by atoms with Gasteiger partial charge in [0.15, 0.2) is 0 Å². The predicted octanol–water partition coefficient (Wildman–Crippen LogP) is 1.59. The molecule has 7 nitrogen and oxygen atoms in total. The van der Waals surface area contributed by atoms with Gasteiger partial charge < -0.3 is 9.88 Å². The standard InChI is InChI=1S/C14H16F3N5O2S.ClH/c1-21-6-5-20-13(21)11-8-19-4-7-22(11)25(23,24)12-9-18-3-2-10(12)14(15,16)17;/h2-3,5-6,9,11,19H,4,7-8H2,1H3;1H. The number of piperazine rings is 1. The Morgan fingerprint density at radius 1 is 1.31 bits per heavy atom. The molecule has 0 radical (unpaired) electrons. The number of hydrogen-bond donors (Lipinski definition) is 1. The highest BCUT2D eigenvalue weighted by atomic mass is 35.5. The van der Waals surface area contributed by atoms with Gasteiger partial charge in [0.25, 0.3) is 0 Å². The SMILES string of the molecule is Cl.Cn1ccnc1C1CNCCN1S(=O)(=O)c1cnccc1C(F)(F)F. The molecule has 26 heavy (non-hydrogen) atoms. The zero-order chi connectivity index (χ0) is 18.2. The molecule has 144 valence electrons. The van der Waals surface area contributed by atoms with Crippen molar-refractivity contribution in [1.82, 2.24) is 24.2 Å². The number of imidazole rings is 1. The molecule has 0 amide bonds. The Kier molecular flexibility index (Phi) is 5.95. The summed E-state index contributed by atoms with van der Waals surface area (Å²) in [6, 6.07) is -0.0368. The number of rotatable bonds is 3. The second-order valence-electron chi connectivity index (χ2n) is 5.60. The number of halogens is 4. The van der Waals surface area contributed by atoms with E-state index in [1.165, 1.54) is 6.20 Å². The van der Waals surface area contributed by atoms with Crippen molar-refractivity contribution in [3.63, 3.8) is 0 Å². The Morgan fingerprint density at radius 2 is 2.04 bits per heavy atom. The molecule has 1 aliphatic heterocycles. The number of nitrogens with one attached hydrogen (secondary N) is 1. The lowest BCUT2D eigenvalue weighted by molar-refractivity contribution is -0.140. The molecule has 1 atom stereocenters. The van der Waals surface area contributed by atoms with Crippen LogP contribution in [0.25, 0.3) is 0 Å². The number of sulfonamides is 1. The molecule has 2 aromatic heterocycles. The van der Waals surface area contributed by atoms with Gasteiger partial charge in [-0.25, -0.2) is 13.4 Å². The van der Waals surface area contributed by atoms with Gasteiger partial charge in [-0.3, -0.25) is 4.98 Å². The molecular weight excluding hydrogens is 395 g/mol. The lowest BCUT2D eigenvalue weighted by Crippen LogP contribution is -2.49. The average molecular weight is 412 g/mol. The van der Waals surface area contributed by atoms with Crippen LogP contribution in [0.2, 0.25) is 0 Å². The van der Waals surface area contributed by atoms with Crippen LogP contribution in [0, 0.1) is 0 Å². The first-order valence-corrected chi connectivity index (χ1v) is 8.88. The summed E-state index contributed by atoms with van der Waals surface area (Å²) in [7, 11) is -2.71. The first-order chi connectivity index (χ1) is 11.7. The van der Waals surface area contributed by atoms with Gasteiger partial charge >= 0.3 is 6.18 Å². The average Bonchev–Trinajstić information content (AvgIpc) is 3.00. The minimum Gasteiger partial charge on any atom is -0.337 e. The summed E-state index contributed by atoms with van der Waals surface area (Å²) < 4.78 is 68.4. The Hall–Kier alpha value is -1.69. The number of alkyl halides is 3. The van der Waals surface area contributed by atoms with E-state index in [1.807, 2.05) is 0 Å². The summed E-state index contributed by atoms with van der Waals surface area (Å²) in [6.45, 7) is 0.625. The third-order valence-electron chi connectivity index (χ3n) is 4.03. The monoisotopic (exact) mass is 411 g/mol. The summed E-state index contributed by atoms with van der Waals surface area (Å²) in [5.74, 6) is 0.452. The van der Waals surface area contributed by atoms with Crippen LogP contribution in [-0.2, 0) is 23.2 Å². The van der Waals surface area contributed by atoms with E-state index in [0.29, 0.717) is 18.4 Å². The van der Waals surface area contributed by atoms with Crippen molar-refractivity contribution in [2.75, 3.05) is 19.6 Å². The highest BCUT2D eigenvalue weighted by Gasteiger charge is 2.42. The maximum atomic E-state index is 13.2. The van der Waals surface area contributed by atoms with Gasteiger partial charge in [-0.1, -0.05) is 0 Å². The molecule has 1 aliphatic rings. The van der Waals surface area contributed by atoms with Crippen molar-refractivity contribution >= 4 is 22.4 Å². The van der Waals surface area contributed by atoms with Crippen molar-refractivity contribution in [3.8, 4) is 0 Å². The van der Waals surface area contributed by atoms with E-state index in [0.717, 1.165) is 16.7 Å². The summed E-state index contributed by atoms with van der Waals surface area (Å²) in [5, 5.41) is 3.05. The zero-order valence-corrected chi connectivity index (χ0v) is 15.3. The van der Waals surface area contributed by atoms with Crippen LogP contribution in [0.3, 0.4) is 0 Å². The molecule has 3 rings (SSSR count). The van der Waals surface area contributed by atoms with E-state index in [2.05, 4.69) is 15.3 Å². The second kappa shape index (κ2) is 7.51. The van der Waals surface area contributed by atoms with Gasteiger partial charge in [0, 0.05) is 51.5 Å². The molecule has 1 fully saturated rings. The Bertz CT molecular complexity index is 871. The number of hydrogen-bond acceptors (Lipinski definition) is 5. The predicted molar refractivity (Wildman–Crippen MR) is 89.2 cm³/mol. The molecule has 2 aromatic rings. The van der Waals surface area contributed by atoms with Crippen molar-refractivity contribution in [2.45, 2.75) is 17.1 Å². The van der Waals surface area contributed by atoms with Gasteiger partial charge in [0.05, 0.1) is 11.6 Å². The summed E-state index contributed by atoms with van der Waals surface area (Å²) in [4.78, 5) is 6.89. The van der Waals surface area contributed by atoms with Gasteiger partial charge in [-0.05, 0) is 6.07 Å². The van der Waals surface area contributed by atoms with Crippen LogP contribution in [0.1, 0.15) is 17.4 Å². The molecule has 0 aliphatic carbocycles. The van der Waals surface area contributed by atoms with E-state index < -0.39 is 32.7 Å². The quantitative estimate of drug-likeness (QED) is 0.829. The third kappa shape index (κ3) is 3.70. The maximum Gasteiger partial charge on any atom is 0.417 e. The zero-order valence-electron chi connectivity index (χ0n) is 13.6. The lowest BCUT2D eigenvalue weighted by atomic mass is 10.2. The van der Waals surface area contributed by atoms with Gasteiger partial charge in [0.2, 0.25) is 10.0 Å². The van der Waals surface area contributed by atoms with Gasteiger partial charge in [0.1, 0.15) is 10.7 Å². The molecule has 0 bridgehead atoms. The number of pyridine rings is 1.